The van der Waals surface area contributed by atoms with Gasteiger partial charge in [-0.15, -0.1) is 0 Å². The van der Waals surface area contributed by atoms with Gasteiger partial charge in [-0.1, -0.05) is 38.3 Å². The van der Waals surface area contributed by atoms with Crippen LogP contribution in [0.5, 0.6) is 5.75 Å². The van der Waals surface area contributed by atoms with Gasteiger partial charge in [0.25, 0.3) is 0 Å². The monoisotopic (exact) mass is 533 g/mol. The van der Waals surface area contributed by atoms with Crippen molar-refractivity contribution < 1.29 is 17.4 Å². The fourth-order valence-electron chi connectivity index (χ4n) is 4.61. The molecule has 1 saturated carbocycles. The maximum absolute atomic E-state index is 12.8. The van der Waals surface area contributed by atoms with Crippen LogP contribution in [-0.2, 0) is 16.5 Å². The summed E-state index contributed by atoms with van der Waals surface area (Å²) in [5.41, 5.74) is 3.85. The van der Waals surface area contributed by atoms with Gasteiger partial charge in [0.15, 0.2) is 0 Å². The van der Waals surface area contributed by atoms with Gasteiger partial charge < -0.3 is 19.8 Å². The third-order valence-electron chi connectivity index (χ3n) is 6.51. The van der Waals surface area contributed by atoms with Crippen molar-refractivity contribution in [3.05, 3.63) is 72.3 Å². The SMILES string of the molecule is CCCc1ccc(NC(=O)Nc2nc3ccc(OS(=O)(=O)c4ccc(NC5CCCC5)cc4)cc3[nH]2)cc1. The van der Waals surface area contributed by atoms with Crippen LogP contribution in [0.4, 0.5) is 22.1 Å². The number of urea groups is 1. The van der Waals surface area contributed by atoms with E-state index >= 15 is 0 Å². The van der Waals surface area contributed by atoms with Crippen LogP contribution in [0.2, 0.25) is 0 Å². The number of benzene rings is 3. The van der Waals surface area contributed by atoms with E-state index in [4.69, 9.17) is 4.18 Å². The number of hydrogen-bond donors (Lipinski definition) is 4. The molecule has 38 heavy (non-hydrogen) atoms. The van der Waals surface area contributed by atoms with Crippen LogP contribution in [0, 0.1) is 0 Å². The minimum Gasteiger partial charge on any atom is -0.382 e. The van der Waals surface area contributed by atoms with Crippen LogP contribution in [0.25, 0.3) is 11.0 Å². The van der Waals surface area contributed by atoms with E-state index in [1.807, 2.05) is 24.3 Å². The van der Waals surface area contributed by atoms with Crippen LogP contribution < -0.4 is 20.1 Å². The van der Waals surface area contributed by atoms with Crippen molar-refractivity contribution in [3.8, 4) is 5.75 Å². The lowest BCUT2D eigenvalue weighted by atomic mass is 10.1. The van der Waals surface area contributed by atoms with Crippen molar-refractivity contribution >= 4 is 44.5 Å². The third-order valence-corrected chi connectivity index (χ3v) is 7.77. The number of amides is 2. The molecule has 1 aliphatic carbocycles. The summed E-state index contributed by atoms with van der Waals surface area (Å²) in [5.74, 6) is 0.364. The van der Waals surface area contributed by atoms with E-state index in [1.165, 1.54) is 30.5 Å². The van der Waals surface area contributed by atoms with E-state index in [0.29, 0.717) is 22.8 Å². The molecule has 4 N–H and O–H groups in total. The highest BCUT2D eigenvalue weighted by molar-refractivity contribution is 7.87. The van der Waals surface area contributed by atoms with Crippen molar-refractivity contribution in [2.75, 3.05) is 16.0 Å². The first kappa shape index (κ1) is 25.6. The average molecular weight is 534 g/mol. The minimum atomic E-state index is -4.02. The number of carbonyl (C=O) groups is 1. The summed E-state index contributed by atoms with van der Waals surface area (Å²) in [6, 6.07) is 19.0. The Labute approximate surface area is 222 Å². The zero-order valence-corrected chi connectivity index (χ0v) is 22.0. The normalized spacial score (nSPS) is 13.9. The summed E-state index contributed by atoms with van der Waals surface area (Å²) in [6.07, 6.45) is 6.75. The highest BCUT2D eigenvalue weighted by atomic mass is 32.2. The summed E-state index contributed by atoms with van der Waals surface area (Å²) in [7, 11) is -4.02. The quantitative estimate of drug-likeness (QED) is 0.188. The third kappa shape index (κ3) is 6.25. The molecular formula is C28H31N5O4S. The van der Waals surface area contributed by atoms with E-state index in [0.717, 1.165) is 31.4 Å². The first-order chi connectivity index (χ1) is 18.4. The second kappa shape index (κ2) is 11.1. The zero-order chi connectivity index (χ0) is 26.5. The van der Waals surface area contributed by atoms with Crippen molar-refractivity contribution in [2.24, 2.45) is 0 Å². The number of fused-ring (bicyclic) bond motifs is 1. The van der Waals surface area contributed by atoms with Gasteiger partial charge in [-0.2, -0.15) is 8.42 Å². The molecule has 198 valence electrons. The molecule has 0 bridgehead atoms. The highest BCUT2D eigenvalue weighted by Crippen LogP contribution is 2.26. The Morgan fingerprint density at radius 2 is 1.68 bits per heavy atom. The molecule has 1 aliphatic rings. The lowest BCUT2D eigenvalue weighted by Crippen LogP contribution is -2.20. The van der Waals surface area contributed by atoms with Gasteiger partial charge in [-0.3, -0.25) is 5.32 Å². The van der Waals surface area contributed by atoms with Crippen molar-refractivity contribution in [1.82, 2.24) is 9.97 Å². The Hall–Kier alpha value is -4.05. The number of hydrogen-bond acceptors (Lipinski definition) is 6. The van der Waals surface area contributed by atoms with Gasteiger partial charge in [0.2, 0.25) is 5.95 Å². The van der Waals surface area contributed by atoms with Gasteiger partial charge >= 0.3 is 16.1 Å². The molecule has 0 radical (unpaired) electrons. The molecule has 3 aromatic carbocycles. The average Bonchev–Trinajstić information content (AvgIpc) is 3.54. The molecule has 10 heteroatoms. The molecule has 0 atom stereocenters. The lowest BCUT2D eigenvalue weighted by molar-refractivity contribution is 0.262. The summed E-state index contributed by atoms with van der Waals surface area (Å²) < 4.78 is 31.1. The lowest BCUT2D eigenvalue weighted by Gasteiger charge is -2.14. The molecule has 4 aromatic rings. The predicted octanol–water partition coefficient (Wildman–Crippen LogP) is 6.28. The molecule has 0 aliphatic heterocycles. The number of anilines is 3. The minimum absolute atomic E-state index is 0.0703. The van der Waals surface area contributed by atoms with E-state index in [1.54, 1.807) is 30.3 Å². The van der Waals surface area contributed by atoms with Crippen molar-refractivity contribution in [1.29, 1.82) is 0 Å². The van der Waals surface area contributed by atoms with Crippen molar-refractivity contribution in [2.45, 2.75) is 56.4 Å². The number of nitrogens with one attached hydrogen (secondary N) is 4. The van der Waals surface area contributed by atoms with E-state index in [2.05, 4.69) is 32.8 Å². The first-order valence-corrected chi connectivity index (χ1v) is 14.3. The topological polar surface area (TPSA) is 125 Å². The Morgan fingerprint density at radius 3 is 2.39 bits per heavy atom. The fourth-order valence-corrected chi connectivity index (χ4v) is 5.53. The largest absolute Gasteiger partial charge is 0.382 e. The van der Waals surface area contributed by atoms with Gasteiger partial charge in [0.1, 0.15) is 10.6 Å². The summed E-state index contributed by atoms with van der Waals surface area (Å²) in [5, 5.41) is 8.88. The molecule has 9 nitrogen and oxygen atoms in total. The molecule has 1 heterocycles. The summed E-state index contributed by atoms with van der Waals surface area (Å²) >= 11 is 0. The number of H-pyrrole nitrogens is 1. The number of aromatic nitrogens is 2. The molecule has 1 aromatic heterocycles. The number of imidazole rings is 1. The number of aromatic amines is 1. The maximum Gasteiger partial charge on any atom is 0.339 e. The van der Waals surface area contributed by atoms with Gasteiger partial charge in [0, 0.05) is 23.5 Å². The van der Waals surface area contributed by atoms with E-state index in [9.17, 15) is 13.2 Å². The van der Waals surface area contributed by atoms with Gasteiger partial charge in [-0.25, -0.2) is 9.78 Å². The molecule has 0 unspecified atom stereocenters. The molecule has 0 spiro atoms. The Balaban J connectivity index is 1.21. The zero-order valence-electron chi connectivity index (χ0n) is 21.2. The van der Waals surface area contributed by atoms with Crippen LogP contribution >= 0.6 is 0 Å². The first-order valence-electron chi connectivity index (χ1n) is 12.9. The molecule has 1 fully saturated rings. The van der Waals surface area contributed by atoms with Crippen LogP contribution in [0.15, 0.2) is 71.6 Å². The highest BCUT2D eigenvalue weighted by Gasteiger charge is 2.19. The van der Waals surface area contributed by atoms with Crippen LogP contribution in [0.3, 0.4) is 0 Å². The van der Waals surface area contributed by atoms with E-state index in [-0.39, 0.29) is 16.6 Å². The molecular weight excluding hydrogens is 502 g/mol. The Bertz CT molecular complexity index is 1510. The number of rotatable bonds is 9. The molecule has 5 rings (SSSR count). The Morgan fingerprint density at radius 1 is 0.974 bits per heavy atom. The molecule has 0 saturated heterocycles. The number of nitrogens with zero attached hydrogens (tertiary/aromatic N) is 1. The standard InChI is InChI=1S/C28H31N5O4S/c1-2-5-19-8-10-22(11-9-19)30-28(34)33-27-31-25-17-14-23(18-26(25)32-27)37-38(35,36)24-15-12-21(13-16-24)29-20-6-3-4-7-20/h8-18,20,29H,2-7H2,1H3,(H3,30,31,32,33,34). The summed E-state index contributed by atoms with van der Waals surface area (Å²) in [4.78, 5) is 19.8. The smallest absolute Gasteiger partial charge is 0.339 e. The van der Waals surface area contributed by atoms with Crippen LogP contribution in [0.1, 0.15) is 44.6 Å². The second-order valence-corrected chi connectivity index (χ2v) is 11.0. The summed E-state index contributed by atoms with van der Waals surface area (Å²) in [6.45, 7) is 2.12. The number of carbonyl (C=O) groups excluding carboxylic acids is 1. The fraction of sp³-hybridized carbons (Fsp3) is 0.286. The van der Waals surface area contributed by atoms with Gasteiger partial charge in [0.05, 0.1) is 11.0 Å². The number of aryl methyl sites for hydroxylation is 1. The Kier molecular flexibility index (Phi) is 7.50. The van der Waals surface area contributed by atoms with Gasteiger partial charge in [-0.05, 0) is 73.4 Å². The second-order valence-electron chi connectivity index (χ2n) is 9.48. The van der Waals surface area contributed by atoms with Crippen LogP contribution in [-0.4, -0.2) is 30.5 Å². The molecule has 2 amide bonds. The van der Waals surface area contributed by atoms with Crippen molar-refractivity contribution in [3.63, 3.8) is 0 Å². The predicted molar refractivity (Wildman–Crippen MR) is 149 cm³/mol. The maximum atomic E-state index is 12.8. The van der Waals surface area contributed by atoms with E-state index < -0.39 is 16.1 Å².